The van der Waals surface area contributed by atoms with Crippen LogP contribution in [0.4, 0.5) is 0 Å². The zero-order valence-corrected chi connectivity index (χ0v) is 15.5. The molecule has 1 saturated heterocycles. The van der Waals surface area contributed by atoms with Gasteiger partial charge in [0.25, 0.3) is 0 Å². The van der Waals surface area contributed by atoms with E-state index in [1.54, 1.807) is 0 Å². The van der Waals surface area contributed by atoms with E-state index in [0.29, 0.717) is 23.1 Å². The molecule has 1 atom stereocenters. The Morgan fingerprint density at radius 3 is 2.73 bits per heavy atom. The minimum Gasteiger partial charge on any atom is -0.393 e. The van der Waals surface area contributed by atoms with Crippen molar-refractivity contribution in [3.8, 4) is 0 Å². The van der Waals surface area contributed by atoms with Gasteiger partial charge < -0.3 is 20.3 Å². The normalized spacial score (nSPS) is 24.5. The summed E-state index contributed by atoms with van der Waals surface area (Å²) >= 11 is 0. The summed E-state index contributed by atoms with van der Waals surface area (Å²) in [5, 5.41) is 21.3. The van der Waals surface area contributed by atoms with Crippen molar-refractivity contribution in [2.45, 2.75) is 44.2 Å². The molecule has 7 heteroatoms. The lowest BCUT2D eigenvalue weighted by molar-refractivity contribution is -0.123. The summed E-state index contributed by atoms with van der Waals surface area (Å²) in [5.41, 5.74) is 1.40. The van der Waals surface area contributed by atoms with Crippen molar-refractivity contribution in [2.75, 3.05) is 13.1 Å². The highest BCUT2D eigenvalue weighted by Gasteiger charge is 2.39. The molecular weight excluding hydrogens is 354 g/mol. The van der Waals surface area contributed by atoms with Crippen LogP contribution in [0.5, 0.6) is 0 Å². The number of aromatic nitrogens is 1. The predicted octanol–water partition coefficient (Wildman–Crippen LogP) is 2.05. The van der Waals surface area contributed by atoms with E-state index in [1.807, 2.05) is 24.3 Å². The summed E-state index contributed by atoms with van der Waals surface area (Å²) in [6, 6.07) is 7.76. The van der Waals surface area contributed by atoms with Gasteiger partial charge in [0.2, 0.25) is 5.91 Å². The van der Waals surface area contributed by atoms with E-state index in [-0.39, 0.29) is 36.9 Å². The van der Waals surface area contributed by atoms with Gasteiger partial charge in [-0.3, -0.25) is 4.79 Å². The maximum atomic E-state index is 12.7. The highest BCUT2D eigenvalue weighted by atomic mass is 35.5. The Hall–Kier alpha value is -1.63. The Labute approximate surface area is 159 Å². The summed E-state index contributed by atoms with van der Waals surface area (Å²) < 4.78 is 5.29. The molecule has 1 saturated carbocycles. The van der Waals surface area contributed by atoms with Crippen molar-refractivity contribution < 1.29 is 14.4 Å². The second-order valence-electron chi connectivity index (χ2n) is 7.37. The van der Waals surface area contributed by atoms with E-state index in [1.165, 1.54) is 0 Å². The number of para-hydroxylation sites is 1. The maximum absolute atomic E-state index is 12.7. The van der Waals surface area contributed by atoms with E-state index in [2.05, 4.69) is 15.8 Å². The van der Waals surface area contributed by atoms with E-state index in [4.69, 9.17) is 4.52 Å². The lowest BCUT2D eigenvalue weighted by atomic mass is 9.71. The van der Waals surface area contributed by atoms with E-state index < -0.39 is 0 Å². The molecular formula is C19H26ClN3O3. The Kier molecular flexibility index (Phi) is 6.16. The average Bonchev–Trinajstić information content (AvgIpc) is 3.01. The SMILES string of the molecule is Cl.O=C(Cc1noc2ccccc12)NC(C1CCNCC1)C1CC(O)C1. The number of benzene rings is 1. The molecule has 26 heavy (non-hydrogen) atoms. The zero-order valence-electron chi connectivity index (χ0n) is 14.7. The van der Waals surface area contributed by atoms with Crippen molar-refractivity contribution in [3.63, 3.8) is 0 Å². The van der Waals surface area contributed by atoms with Gasteiger partial charge in [-0.25, -0.2) is 0 Å². The fourth-order valence-electron chi connectivity index (χ4n) is 4.20. The fraction of sp³-hybridized carbons (Fsp3) is 0.579. The van der Waals surface area contributed by atoms with E-state index in [0.717, 1.165) is 44.2 Å². The summed E-state index contributed by atoms with van der Waals surface area (Å²) in [6.07, 6.45) is 3.76. The van der Waals surface area contributed by atoms with Crippen molar-refractivity contribution in [2.24, 2.45) is 11.8 Å². The number of aliphatic hydroxyl groups excluding tert-OH is 1. The number of rotatable bonds is 5. The predicted molar refractivity (Wildman–Crippen MR) is 101 cm³/mol. The largest absolute Gasteiger partial charge is 0.393 e. The first-order valence-electron chi connectivity index (χ1n) is 9.22. The molecule has 1 aliphatic heterocycles. The van der Waals surface area contributed by atoms with Crippen LogP contribution >= 0.6 is 12.4 Å². The fourth-order valence-corrected chi connectivity index (χ4v) is 4.20. The molecule has 6 nitrogen and oxygen atoms in total. The minimum absolute atomic E-state index is 0. The highest BCUT2D eigenvalue weighted by molar-refractivity contribution is 5.86. The first-order chi connectivity index (χ1) is 12.2. The number of fused-ring (bicyclic) bond motifs is 1. The summed E-state index contributed by atoms with van der Waals surface area (Å²) in [7, 11) is 0. The summed E-state index contributed by atoms with van der Waals surface area (Å²) in [5.74, 6) is 0.858. The van der Waals surface area contributed by atoms with Gasteiger partial charge in [0.05, 0.1) is 12.5 Å². The van der Waals surface area contributed by atoms with Gasteiger partial charge in [-0.2, -0.15) is 0 Å². The monoisotopic (exact) mass is 379 g/mol. The molecule has 4 rings (SSSR count). The minimum atomic E-state index is -0.203. The standard InChI is InChI=1S/C19H25N3O3.ClH/c23-14-9-13(10-14)19(12-5-7-20-8-6-12)21-18(24)11-16-15-3-1-2-4-17(15)25-22-16;/h1-4,12-14,19-20,23H,5-11H2,(H,21,24);1H. The van der Waals surface area contributed by atoms with Gasteiger partial charge in [-0.05, 0) is 62.7 Å². The number of hydrogen-bond acceptors (Lipinski definition) is 5. The third kappa shape index (κ3) is 4.03. The van der Waals surface area contributed by atoms with Gasteiger partial charge in [-0.15, -0.1) is 12.4 Å². The zero-order chi connectivity index (χ0) is 17.2. The quantitative estimate of drug-likeness (QED) is 0.740. The topological polar surface area (TPSA) is 87.4 Å². The summed E-state index contributed by atoms with van der Waals surface area (Å²) in [6.45, 7) is 2.00. The van der Waals surface area contributed by atoms with Crippen LogP contribution in [0, 0.1) is 11.8 Å². The second kappa shape index (κ2) is 8.37. The van der Waals surface area contributed by atoms with Gasteiger partial charge in [0, 0.05) is 11.4 Å². The molecule has 0 bridgehead atoms. The summed E-state index contributed by atoms with van der Waals surface area (Å²) in [4.78, 5) is 12.7. The molecule has 1 unspecified atom stereocenters. The number of hydrogen-bond donors (Lipinski definition) is 3. The molecule has 0 spiro atoms. The third-order valence-corrected chi connectivity index (χ3v) is 5.66. The van der Waals surface area contributed by atoms with Gasteiger partial charge in [0.1, 0.15) is 5.69 Å². The number of carbonyl (C=O) groups excluding carboxylic acids is 1. The number of piperidine rings is 1. The molecule has 2 aliphatic rings. The van der Waals surface area contributed by atoms with E-state index >= 15 is 0 Å². The maximum Gasteiger partial charge on any atom is 0.226 e. The number of carbonyl (C=O) groups is 1. The molecule has 1 aromatic heterocycles. The third-order valence-electron chi connectivity index (χ3n) is 5.66. The first-order valence-corrected chi connectivity index (χ1v) is 9.22. The van der Waals surface area contributed by atoms with Gasteiger partial charge in [0.15, 0.2) is 5.58 Å². The van der Waals surface area contributed by atoms with Crippen LogP contribution in [0.2, 0.25) is 0 Å². The average molecular weight is 380 g/mol. The molecule has 3 N–H and O–H groups in total. The van der Waals surface area contributed by atoms with Crippen LogP contribution in [0.1, 0.15) is 31.4 Å². The molecule has 2 fully saturated rings. The Bertz CT molecular complexity index is 738. The molecule has 2 heterocycles. The van der Waals surface area contributed by atoms with Crippen molar-refractivity contribution in [1.82, 2.24) is 15.8 Å². The smallest absolute Gasteiger partial charge is 0.226 e. The van der Waals surface area contributed by atoms with E-state index in [9.17, 15) is 9.90 Å². The molecule has 1 amide bonds. The Morgan fingerprint density at radius 1 is 1.27 bits per heavy atom. The lowest BCUT2D eigenvalue weighted by Crippen LogP contribution is -2.53. The van der Waals surface area contributed by atoms with Crippen molar-refractivity contribution in [3.05, 3.63) is 30.0 Å². The van der Waals surface area contributed by atoms with Gasteiger partial charge in [-0.1, -0.05) is 17.3 Å². The van der Waals surface area contributed by atoms with Crippen LogP contribution in [0.25, 0.3) is 11.0 Å². The Morgan fingerprint density at radius 2 is 2.00 bits per heavy atom. The first kappa shape index (κ1) is 19.1. The van der Waals surface area contributed by atoms with Crippen LogP contribution in [-0.2, 0) is 11.2 Å². The molecule has 1 aliphatic carbocycles. The Balaban J connectivity index is 0.00000196. The number of halogens is 1. The van der Waals surface area contributed by atoms with Crippen LogP contribution in [0.3, 0.4) is 0 Å². The van der Waals surface area contributed by atoms with Crippen molar-refractivity contribution >= 4 is 29.3 Å². The second-order valence-corrected chi connectivity index (χ2v) is 7.37. The number of aliphatic hydroxyl groups is 1. The van der Waals surface area contributed by atoms with Crippen molar-refractivity contribution in [1.29, 1.82) is 0 Å². The molecule has 1 aromatic carbocycles. The number of amides is 1. The number of nitrogens with one attached hydrogen (secondary N) is 2. The molecule has 142 valence electrons. The highest BCUT2D eigenvalue weighted by Crippen LogP contribution is 2.35. The number of nitrogens with zero attached hydrogens (tertiary/aromatic N) is 1. The van der Waals surface area contributed by atoms with Crippen LogP contribution in [-0.4, -0.2) is 41.4 Å². The lowest BCUT2D eigenvalue weighted by Gasteiger charge is -2.43. The van der Waals surface area contributed by atoms with Crippen LogP contribution < -0.4 is 10.6 Å². The molecule has 2 aromatic rings. The molecule has 0 radical (unpaired) electrons. The van der Waals surface area contributed by atoms with Crippen LogP contribution in [0.15, 0.2) is 28.8 Å². The van der Waals surface area contributed by atoms with Gasteiger partial charge >= 0.3 is 0 Å².